The number of hydrogen-bond acceptors (Lipinski definition) is 6. The molecule has 10 rings (SSSR count). The molecule has 4 heterocycles. The van der Waals surface area contributed by atoms with Crippen molar-refractivity contribution in [2.24, 2.45) is 4.99 Å². The molecule has 0 saturated carbocycles. The van der Waals surface area contributed by atoms with Crippen molar-refractivity contribution in [1.29, 1.82) is 0 Å². The molecule has 0 radical (unpaired) electrons. The summed E-state index contributed by atoms with van der Waals surface area (Å²) < 4.78 is 0. The van der Waals surface area contributed by atoms with Crippen LogP contribution in [0.4, 0.5) is 5.69 Å². The highest BCUT2D eigenvalue weighted by Crippen LogP contribution is 2.51. The number of benzene rings is 6. The number of aromatic nitrogens is 2. The molecular weight excluding hydrogens is 891 g/mol. The number of H-pyrrole nitrogens is 1. The Morgan fingerprint density at radius 2 is 0.931 bits per heavy atom. The van der Waals surface area contributed by atoms with E-state index in [0.29, 0.717) is 93.2 Å². The molecule has 72 heavy (non-hydrogen) atoms. The van der Waals surface area contributed by atoms with Gasteiger partial charge in [-0.1, -0.05) is 203 Å². The third-order valence-corrected chi connectivity index (χ3v) is 16.0. The van der Waals surface area contributed by atoms with Crippen LogP contribution >= 0.6 is 0 Å². The first-order chi connectivity index (χ1) is 35.3. The third kappa shape index (κ3) is 9.06. The SMILES string of the molecule is CCCCCCC(CCCCCC)N1C(=O)c2c3c(c4c5c(c6[nH]c(-c7ccc8ccccc8c7)nc6c(c25)C1=O)C(=O)N(C(CCCCCC)CCCCCC)C4=O)N=C(c1ccc2ccccc2c1)C3. The third-order valence-electron chi connectivity index (χ3n) is 16.0. The molecule has 3 aliphatic heterocycles. The number of carbonyl (C=O) groups excluding carboxylic acids is 4. The van der Waals surface area contributed by atoms with E-state index in [1.807, 2.05) is 30.3 Å². The van der Waals surface area contributed by atoms with Gasteiger partial charge in [0.1, 0.15) is 11.3 Å². The van der Waals surface area contributed by atoms with E-state index in [4.69, 9.17) is 9.98 Å². The number of aliphatic imine (C=N–C) groups is 1. The summed E-state index contributed by atoms with van der Waals surface area (Å²) >= 11 is 0. The van der Waals surface area contributed by atoms with Crippen LogP contribution in [-0.4, -0.2) is 61.2 Å². The molecule has 4 amide bonds. The topological polar surface area (TPSA) is 116 Å². The van der Waals surface area contributed by atoms with Gasteiger partial charge >= 0.3 is 0 Å². The van der Waals surface area contributed by atoms with Crippen molar-refractivity contribution < 1.29 is 19.2 Å². The van der Waals surface area contributed by atoms with Crippen LogP contribution in [0, 0.1) is 0 Å². The van der Waals surface area contributed by atoms with E-state index in [2.05, 4.69) is 87.3 Å². The van der Waals surface area contributed by atoms with Gasteiger partial charge in [0.2, 0.25) is 0 Å². The normalized spacial score (nSPS) is 14.4. The predicted octanol–water partition coefficient (Wildman–Crippen LogP) is 16.2. The highest BCUT2D eigenvalue weighted by atomic mass is 16.2. The van der Waals surface area contributed by atoms with Gasteiger partial charge in [-0.05, 0) is 70.5 Å². The van der Waals surface area contributed by atoms with E-state index in [9.17, 15) is 0 Å². The molecule has 7 aromatic rings. The molecule has 0 aliphatic carbocycles. The summed E-state index contributed by atoms with van der Waals surface area (Å²) in [6.45, 7) is 8.78. The van der Waals surface area contributed by atoms with Gasteiger partial charge in [0, 0.05) is 34.8 Å². The summed E-state index contributed by atoms with van der Waals surface area (Å²) in [4.78, 5) is 81.3. The number of amides is 4. The maximum atomic E-state index is 16.0. The van der Waals surface area contributed by atoms with Crippen LogP contribution in [0.5, 0.6) is 0 Å². The first-order valence-electron chi connectivity index (χ1n) is 27.7. The molecular formula is C63H71N5O4. The lowest BCUT2D eigenvalue weighted by Crippen LogP contribution is -2.50. The summed E-state index contributed by atoms with van der Waals surface area (Å²) in [7, 11) is 0. The Morgan fingerprint density at radius 3 is 1.46 bits per heavy atom. The summed E-state index contributed by atoms with van der Waals surface area (Å²) in [6.07, 6.45) is 19.4. The van der Waals surface area contributed by atoms with Crippen molar-refractivity contribution in [3.8, 4) is 11.4 Å². The van der Waals surface area contributed by atoms with E-state index >= 15 is 19.2 Å². The Labute approximate surface area is 424 Å². The van der Waals surface area contributed by atoms with Gasteiger partial charge < -0.3 is 4.98 Å². The largest absolute Gasteiger partial charge is 0.337 e. The Kier molecular flexibility index (Phi) is 14.8. The lowest BCUT2D eigenvalue weighted by atomic mass is 9.79. The monoisotopic (exact) mass is 962 g/mol. The zero-order valence-corrected chi connectivity index (χ0v) is 43.0. The molecule has 0 atom stereocenters. The number of hydrogen-bond donors (Lipinski definition) is 1. The van der Waals surface area contributed by atoms with Gasteiger partial charge in [0.05, 0.1) is 39.2 Å². The highest BCUT2D eigenvalue weighted by Gasteiger charge is 2.49. The Hall–Kier alpha value is -6.48. The number of fused-ring (bicyclic) bond motifs is 8. The molecule has 0 saturated heterocycles. The van der Waals surface area contributed by atoms with Crippen LogP contribution in [0.15, 0.2) is 89.9 Å². The summed E-state index contributed by atoms with van der Waals surface area (Å²) in [5.74, 6) is -1.03. The van der Waals surface area contributed by atoms with Gasteiger partial charge in [0.25, 0.3) is 23.6 Å². The molecule has 1 N–H and O–H groups in total. The summed E-state index contributed by atoms with van der Waals surface area (Å²) in [6, 6.07) is 28.2. The van der Waals surface area contributed by atoms with Crippen molar-refractivity contribution in [3.63, 3.8) is 0 Å². The second-order valence-electron chi connectivity index (χ2n) is 20.9. The van der Waals surface area contributed by atoms with E-state index < -0.39 is 11.8 Å². The number of nitrogens with zero attached hydrogens (tertiary/aromatic N) is 4. The lowest BCUT2D eigenvalue weighted by molar-refractivity contribution is 0.0496. The number of rotatable bonds is 24. The Bertz CT molecular complexity index is 3230. The molecule has 6 aromatic carbocycles. The van der Waals surface area contributed by atoms with Gasteiger partial charge in [-0.15, -0.1) is 0 Å². The molecule has 0 unspecified atom stereocenters. The predicted molar refractivity (Wildman–Crippen MR) is 294 cm³/mol. The van der Waals surface area contributed by atoms with Crippen LogP contribution in [0.2, 0.25) is 0 Å². The minimum Gasteiger partial charge on any atom is -0.337 e. The van der Waals surface area contributed by atoms with E-state index in [-0.39, 0.29) is 23.9 Å². The Morgan fingerprint density at radius 1 is 0.486 bits per heavy atom. The maximum absolute atomic E-state index is 16.0. The first kappa shape index (κ1) is 49.1. The van der Waals surface area contributed by atoms with E-state index in [1.54, 1.807) is 9.80 Å². The van der Waals surface area contributed by atoms with Crippen LogP contribution < -0.4 is 0 Å². The number of carbonyl (C=O) groups is 4. The number of aromatic amines is 1. The minimum absolute atomic E-state index is 0.293. The number of unbranched alkanes of at least 4 members (excludes halogenated alkanes) is 12. The number of nitrogens with one attached hydrogen (secondary N) is 1. The zero-order valence-electron chi connectivity index (χ0n) is 43.0. The van der Waals surface area contributed by atoms with Crippen LogP contribution in [-0.2, 0) is 6.42 Å². The number of imidazole rings is 1. The average Bonchev–Trinajstić information content (AvgIpc) is 4.05. The zero-order chi connectivity index (χ0) is 49.9. The van der Waals surface area contributed by atoms with Gasteiger partial charge in [0.15, 0.2) is 0 Å². The summed E-state index contributed by atoms with van der Waals surface area (Å²) in [5.41, 5.74) is 5.65. The van der Waals surface area contributed by atoms with Crippen LogP contribution in [0.1, 0.15) is 209 Å². The number of imide groups is 2. The van der Waals surface area contributed by atoms with Crippen molar-refractivity contribution in [2.75, 3.05) is 0 Å². The molecule has 1 aromatic heterocycles. The molecule has 372 valence electrons. The molecule has 9 heteroatoms. The second-order valence-corrected chi connectivity index (χ2v) is 20.9. The average molecular weight is 962 g/mol. The van der Waals surface area contributed by atoms with E-state index in [1.165, 1.54) is 0 Å². The fourth-order valence-corrected chi connectivity index (χ4v) is 12.1. The molecule has 0 spiro atoms. The molecule has 0 fully saturated rings. The standard InChI is InChI=1S/C63H71N5O4/c1-5-9-13-17-29-46(30-18-14-10-6-2)67-60(69)50-48-39-49(44-35-33-40-25-21-23-27-42(40)37-44)64-56(48)53-52-51(50)54(62(67)71)57-58(66-59(65-57)45-36-34-41-26-22-24-28-43(41)38-45)55(52)63(72)68(61(53)70)47(31-19-15-11-7-3)32-20-16-12-8-4/h21-28,33-38,46-47H,5-20,29-32,39H2,1-4H3,(H,65,66). The minimum atomic E-state index is -0.400. The molecule has 3 aliphatic rings. The first-order valence-corrected chi connectivity index (χ1v) is 27.7. The quantitative estimate of drug-likeness (QED) is 0.0478. The van der Waals surface area contributed by atoms with Crippen LogP contribution in [0.3, 0.4) is 0 Å². The van der Waals surface area contributed by atoms with Gasteiger partial charge in [-0.25, -0.2) is 4.98 Å². The van der Waals surface area contributed by atoms with Gasteiger partial charge in [-0.2, -0.15) is 0 Å². The van der Waals surface area contributed by atoms with E-state index in [0.717, 1.165) is 141 Å². The van der Waals surface area contributed by atoms with Crippen molar-refractivity contribution in [2.45, 2.75) is 175 Å². The highest BCUT2D eigenvalue weighted by molar-refractivity contribution is 6.40. The fraction of sp³-hybridized carbons (Fsp3) is 0.429. The lowest BCUT2D eigenvalue weighted by Gasteiger charge is -2.38. The maximum Gasteiger partial charge on any atom is 0.263 e. The fourth-order valence-electron chi connectivity index (χ4n) is 12.1. The van der Waals surface area contributed by atoms with Crippen molar-refractivity contribution in [1.82, 2.24) is 19.8 Å². The van der Waals surface area contributed by atoms with Crippen molar-refractivity contribution in [3.05, 3.63) is 118 Å². The summed E-state index contributed by atoms with van der Waals surface area (Å²) in [5, 5.41) is 5.03. The second kappa shape index (κ2) is 21.7. The van der Waals surface area contributed by atoms with Gasteiger partial charge in [-0.3, -0.25) is 34.0 Å². The van der Waals surface area contributed by atoms with Crippen LogP contribution in [0.25, 0.3) is 54.7 Å². The smallest absolute Gasteiger partial charge is 0.263 e. The Balaban J connectivity index is 1.24. The molecule has 9 nitrogen and oxygen atoms in total. The molecule has 0 bridgehead atoms. The van der Waals surface area contributed by atoms with Crippen molar-refractivity contribution >= 4 is 78.4 Å².